The maximum absolute atomic E-state index is 12.7. The Balaban J connectivity index is 1.76. The first-order valence-corrected chi connectivity index (χ1v) is 10.2. The highest BCUT2D eigenvalue weighted by atomic mass is 16.2. The lowest BCUT2D eigenvalue weighted by Gasteiger charge is -2.35. The zero-order chi connectivity index (χ0) is 20.0. The second-order valence-corrected chi connectivity index (χ2v) is 8.99. The molecule has 1 unspecified atom stereocenters. The summed E-state index contributed by atoms with van der Waals surface area (Å²) < 4.78 is 0. The normalized spacial score (nSPS) is 25.1. The van der Waals surface area contributed by atoms with Gasteiger partial charge in [0, 0.05) is 56.5 Å². The second-order valence-electron chi connectivity index (χ2n) is 8.99. The van der Waals surface area contributed by atoms with Crippen molar-refractivity contribution in [2.24, 2.45) is 23.0 Å². The lowest BCUT2D eigenvalue weighted by molar-refractivity contribution is -0.139. The molecule has 2 atom stereocenters. The Hall–Kier alpha value is -1.47. The van der Waals surface area contributed by atoms with Crippen molar-refractivity contribution in [1.82, 2.24) is 15.1 Å². The van der Waals surface area contributed by atoms with Crippen molar-refractivity contribution >= 4 is 17.6 Å². The molecule has 2 fully saturated rings. The van der Waals surface area contributed by atoms with Gasteiger partial charge in [0.05, 0.1) is 6.54 Å². The van der Waals surface area contributed by atoms with E-state index in [0.717, 1.165) is 58.4 Å². The van der Waals surface area contributed by atoms with Crippen LogP contribution in [0.2, 0.25) is 0 Å². The van der Waals surface area contributed by atoms with Gasteiger partial charge in [-0.15, -0.1) is 0 Å². The number of nitrogens with one attached hydrogen (secondary N) is 1. The number of amides is 2. The molecule has 1 saturated carbocycles. The van der Waals surface area contributed by atoms with Crippen LogP contribution in [0.25, 0.3) is 0 Å². The van der Waals surface area contributed by atoms with E-state index in [-0.39, 0.29) is 29.4 Å². The summed E-state index contributed by atoms with van der Waals surface area (Å²) in [5.74, 6) is -0.367. The zero-order valence-corrected chi connectivity index (χ0v) is 17.1. The topological polar surface area (TPSA) is 95.7 Å². The highest BCUT2D eigenvalue weighted by Crippen LogP contribution is 2.35. The minimum absolute atomic E-state index is 0.0321. The summed E-state index contributed by atoms with van der Waals surface area (Å²) in [4.78, 5) is 40.8. The third kappa shape index (κ3) is 6.57. The summed E-state index contributed by atoms with van der Waals surface area (Å²) in [5.41, 5.74) is 4.84. The molecule has 2 amide bonds. The van der Waals surface area contributed by atoms with Gasteiger partial charge in [-0.2, -0.15) is 0 Å². The predicted molar refractivity (Wildman–Crippen MR) is 105 cm³/mol. The Bertz CT molecular complexity index is 536. The molecule has 1 aliphatic carbocycles. The largest absolute Gasteiger partial charge is 0.369 e. The fourth-order valence-corrected chi connectivity index (χ4v) is 4.17. The average molecular weight is 381 g/mol. The molecular weight excluding hydrogens is 344 g/mol. The molecule has 0 aromatic rings. The fraction of sp³-hybridized carbons (Fsp3) is 0.850. The van der Waals surface area contributed by atoms with E-state index in [1.165, 1.54) is 0 Å². The fourth-order valence-electron chi connectivity index (χ4n) is 4.17. The zero-order valence-electron chi connectivity index (χ0n) is 17.1. The third-order valence-electron chi connectivity index (χ3n) is 5.75. The lowest BCUT2D eigenvalue weighted by Crippen LogP contribution is -2.51. The number of nitrogens with zero attached hydrogens (tertiary/aromatic N) is 2. The van der Waals surface area contributed by atoms with Crippen LogP contribution in [0, 0.1) is 17.3 Å². The Morgan fingerprint density at radius 3 is 2.07 bits per heavy atom. The van der Waals surface area contributed by atoms with E-state index in [1.807, 2.05) is 20.8 Å². The summed E-state index contributed by atoms with van der Waals surface area (Å²) in [6, 6.07) is 0. The van der Waals surface area contributed by atoms with Crippen molar-refractivity contribution in [3.63, 3.8) is 0 Å². The van der Waals surface area contributed by atoms with Crippen LogP contribution >= 0.6 is 0 Å². The van der Waals surface area contributed by atoms with E-state index in [4.69, 9.17) is 5.73 Å². The molecule has 7 nitrogen and oxygen atoms in total. The van der Waals surface area contributed by atoms with Crippen molar-refractivity contribution in [1.29, 1.82) is 0 Å². The molecule has 1 aliphatic heterocycles. The van der Waals surface area contributed by atoms with Crippen LogP contribution in [-0.4, -0.2) is 73.2 Å². The molecule has 0 spiro atoms. The highest BCUT2D eigenvalue weighted by Gasteiger charge is 2.39. The number of rotatable bonds is 7. The van der Waals surface area contributed by atoms with Gasteiger partial charge in [-0.3, -0.25) is 24.2 Å². The average Bonchev–Trinajstić information content (AvgIpc) is 2.61. The number of Topliss-reactive ketones (excluding diaryl/α,β-unsaturated/α-hetero) is 1. The van der Waals surface area contributed by atoms with E-state index in [9.17, 15) is 14.4 Å². The number of piperazine rings is 1. The highest BCUT2D eigenvalue weighted by molar-refractivity contribution is 5.91. The number of ketones is 1. The molecule has 0 aromatic carbocycles. The number of carbonyl (C=O) groups excluding carboxylic acids is 3. The summed E-state index contributed by atoms with van der Waals surface area (Å²) in [5, 5.41) is 3.06. The summed E-state index contributed by atoms with van der Waals surface area (Å²) >= 11 is 0. The van der Waals surface area contributed by atoms with Crippen LogP contribution in [-0.2, 0) is 14.4 Å². The first kappa shape index (κ1) is 21.8. The maximum atomic E-state index is 12.7. The molecule has 3 N–H and O–H groups in total. The molecule has 7 heteroatoms. The van der Waals surface area contributed by atoms with Crippen molar-refractivity contribution < 1.29 is 14.4 Å². The van der Waals surface area contributed by atoms with Gasteiger partial charge in [-0.25, -0.2) is 0 Å². The molecule has 0 aromatic heterocycles. The minimum atomic E-state index is -0.398. The van der Waals surface area contributed by atoms with Crippen LogP contribution < -0.4 is 11.1 Å². The van der Waals surface area contributed by atoms with Crippen LogP contribution in [0.5, 0.6) is 0 Å². The van der Waals surface area contributed by atoms with E-state index < -0.39 is 5.41 Å². The standard InChI is InChI=1S/C20H36N4O3/c1-20(2,3)18(26)15-6-4-5-7-16(15)19(27)22-8-9-23-10-12-24(13-11-23)14-17(21)25/h15-16H,4-14H2,1-3H3,(H2,21,25)(H,22,27)/t15?,16-/m0/s1. The monoisotopic (exact) mass is 380 g/mol. The van der Waals surface area contributed by atoms with Crippen LogP contribution in [0.1, 0.15) is 46.5 Å². The second kappa shape index (κ2) is 9.64. The van der Waals surface area contributed by atoms with E-state index in [2.05, 4.69) is 15.1 Å². The molecular formula is C20H36N4O3. The molecule has 0 radical (unpaired) electrons. The van der Waals surface area contributed by atoms with Crippen molar-refractivity contribution in [2.75, 3.05) is 45.8 Å². The van der Waals surface area contributed by atoms with Gasteiger partial charge >= 0.3 is 0 Å². The van der Waals surface area contributed by atoms with E-state index in [0.29, 0.717) is 13.1 Å². The van der Waals surface area contributed by atoms with Gasteiger partial charge in [0.2, 0.25) is 11.8 Å². The molecule has 0 bridgehead atoms. The maximum Gasteiger partial charge on any atom is 0.231 e. The minimum Gasteiger partial charge on any atom is -0.369 e. The quantitative estimate of drug-likeness (QED) is 0.675. The van der Waals surface area contributed by atoms with Gasteiger partial charge in [0.1, 0.15) is 5.78 Å². The van der Waals surface area contributed by atoms with Gasteiger partial charge in [0.25, 0.3) is 0 Å². The van der Waals surface area contributed by atoms with Gasteiger partial charge < -0.3 is 11.1 Å². The predicted octanol–water partition coefficient (Wildman–Crippen LogP) is 0.627. The van der Waals surface area contributed by atoms with Gasteiger partial charge in [-0.1, -0.05) is 33.6 Å². The molecule has 2 rings (SSSR count). The van der Waals surface area contributed by atoms with Crippen LogP contribution in [0.3, 0.4) is 0 Å². The smallest absolute Gasteiger partial charge is 0.231 e. The number of nitrogens with two attached hydrogens (primary N) is 1. The Kier molecular flexibility index (Phi) is 7.79. The molecule has 27 heavy (non-hydrogen) atoms. The van der Waals surface area contributed by atoms with Crippen molar-refractivity contribution in [3.8, 4) is 0 Å². The Morgan fingerprint density at radius 2 is 1.52 bits per heavy atom. The molecule has 2 aliphatic rings. The SMILES string of the molecule is CC(C)(C)C(=O)C1CCCC[C@@H]1C(=O)NCCN1CCN(CC(N)=O)CC1. The number of primary amides is 1. The Morgan fingerprint density at radius 1 is 0.963 bits per heavy atom. The third-order valence-corrected chi connectivity index (χ3v) is 5.75. The lowest BCUT2D eigenvalue weighted by atomic mass is 9.70. The van der Waals surface area contributed by atoms with E-state index >= 15 is 0 Å². The van der Waals surface area contributed by atoms with Crippen molar-refractivity contribution in [3.05, 3.63) is 0 Å². The first-order chi connectivity index (χ1) is 12.7. The number of hydrogen-bond donors (Lipinski definition) is 2. The summed E-state index contributed by atoms with van der Waals surface area (Å²) in [6.07, 6.45) is 3.69. The van der Waals surface area contributed by atoms with Gasteiger partial charge in [-0.05, 0) is 12.8 Å². The van der Waals surface area contributed by atoms with E-state index in [1.54, 1.807) is 0 Å². The molecule has 1 saturated heterocycles. The van der Waals surface area contributed by atoms with Crippen LogP contribution in [0.15, 0.2) is 0 Å². The number of hydrogen-bond acceptors (Lipinski definition) is 5. The molecule has 154 valence electrons. The van der Waals surface area contributed by atoms with Gasteiger partial charge in [0.15, 0.2) is 0 Å². The number of carbonyl (C=O) groups is 3. The first-order valence-electron chi connectivity index (χ1n) is 10.2. The van der Waals surface area contributed by atoms with Crippen molar-refractivity contribution in [2.45, 2.75) is 46.5 Å². The molecule has 1 heterocycles. The summed E-state index contributed by atoms with van der Waals surface area (Å²) in [6.45, 7) is 10.9. The van der Waals surface area contributed by atoms with Crippen LogP contribution in [0.4, 0.5) is 0 Å². The summed E-state index contributed by atoms with van der Waals surface area (Å²) in [7, 11) is 0. The Labute approximate surface area is 163 Å².